The van der Waals surface area contributed by atoms with Gasteiger partial charge >= 0.3 is 0 Å². The minimum absolute atomic E-state index is 0.0163. The van der Waals surface area contributed by atoms with Gasteiger partial charge < -0.3 is 10.2 Å². The highest BCUT2D eigenvalue weighted by atomic mass is 79.9. The Balaban J connectivity index is 1.79. The second-order valence-electron chi connectivity index (χ2n) is 10.8. The molecule has 0 aliphatic rings. The lowest BCUT2D eigenvalue weighted by Gasteiger charge is -2.34. The van der Waals surface area contributed by atoms with Crippen molar-refractivity contribution < 1.29 is 22.4 Å². The van der Waals surface area contributed by atoms with Gasteiger partial charge in [-0.05, 0) is 61.4 Å². The topological polar surface area (TPSA) is 86.8 Å². The van der Waals surface area contributed by atoms with Gasteiger partial charge in [0, 0.05) is 29.5 Å². The summed E-state index contributed by atoms with van der Waals surface area (Å²) in [5.41, 5.74) is 2.16. The lowest BCUT2D eigenvalue weighted by atomic mass is 10.0. The van der Waals surface area contributed by atoms with Crippen LogP contribution in [-0.2, 0) is 32.6 Å². The lowest BCUT2D eigenvalue weighted by Crippen LogP contribution is -2.53. The molecule has 0 aliphatic carbocycles. The van der Waals surface area contributed by atoms with E-state index in [1.807, 2.05) is 44.2 Å². The van der Waals surface area contributed by atoms with E-state index in [4.69, 9.17) is 0 Å². The number of nitrogens with zero attached hydrogens (tertiary/aromatic N) is 2. The number of nitrogens with one attached hydrogen (secondary N) is 1. The Morgan fingerprint density at radius 3 is 2.18 bits per heavy atom. The van der Waals surface area contributed by atoms with Crippen LogP contribution in [0.4, 0.5) is 10.1 Å². The molecule has 0 fully saturated rings. The van der Waals surface area contributed by atoms with Crippen LogP contribution in [-0.4, -0.2) is 44.3 Å². The molecule has 0 aliphatic heterocycles. The maximum absolute atomic E-state index is 15.0. The predicted octanol–water partition coefficient (Wildman–Crippen LogP) is 6.65. The Labute approximate surface area is 273 Å². The van der Waals surface area contributed by atoms with Gasteiger partial charge in [-0.1, -0.05) is 95.5 Å². The number of aryl methyl sites for hydroxylation is 1. The van der Waals surface area contributed by atoms with Gasteiger partial charge in [-0.2, -0.15) is 0 Å². The molecule has 7 nitrogen and oxygen atoms in total. The Kier molecular flexibility index (Phi) is 11.9. The highest BCUT2D eigenvalue weighted by Gasteiger charge is 2.35. The zero-order valence-electron chi connectivity index (χ0n) is 25.3. The van der Waals surface area contributed by atoms with Crippen molar-refractivity contribution in [2.24, 2.45) is 0 Å². The van der Waals surface area contributed by atoms with Crippen molar-refractivity contribution in [3.8, 4) is 0 Å². The monoisotopic (exact) mass is 693 g/mol. The second-order valence-corrected chi connectivity index (χ2v) is 13.5. The molecule has 236 valence electrons. The van der Waals surface area contributed by atoms with Crippen molar-refractivity contribution in [1.82, 2.24) is 10.2 Å². The van der Waals surface area contributed by atoms with E-state index in [0.29, 0.717) is 6.54 Å². The first-order valence-electron chi connectivity index (χ1n) is 14.8. The summed E-state index contributed by atoms with van der Waals surface area (Å²) in [6, 6.07) is 27.2. The van der Waals surface area contributed by atoms with E-state index in [1.54, 1.807) is 54.6 Å². The van der Waals surface area contributed by atoms with Gasteiger partial charge in [0.2, 0.25) is 11.8 Å². The summed E-state index contributed by atoms with van der Waals surface area (Å²) in [5.74, 6) is -1.57. The molecule has 4 aromatic carbocycles. The summed E-state index contributed by atoms with van der Waals surface area (Å²) in [5, 5.41) is 2.93. The van der Waals surface area contributed by atoms with Crippen LogP contribution < -0.4 is 9.62 Å². The largest absolute Gasteiger partial charge is 0.354 e. The highest BCUT2D eigenvalue weighted by molar-refractivity contribution is 9.10. The zero-order valence-corrected chi connectivity index (χ0v) is 27.7. The maximum atomic E-state index is 15.0. The third-order valence-electron chi connectivity index (χ3n) is 7.40. The predicted molar refractivity (Wildman–Crippen MR) is 179 cm³/mol. The van der Waals surface area contributed by atoms with E-state index >= 15 is 4.39 Å². The van der Waals surface area contributed by atoms with E-state index in [2.05, 4.69) is 21.2 Å². The zero-order chi connectivity index (χ0) is 32.4. The number of carbonyl (C=O) groups is 2. The number of sulfonamides is 1. The van der Waals surface area contributed by atoms with Crippen molar-refractivity contribution in [2.45, 2.75) is 50.6 Å². The van der Waals surface area contributed by atoms with Gasteiger partial charge in [0.05, 0.1) is 10.6 Å². The molecule has 1 atom stereocenters. The summed E-state index contributed by atoms with van der Waals surface area (Å²) in [6.45, 7) is 3.43. The van der Waals surface area contributed by atoms with Gasteiger partial charge in [0.15, 0.2) is 0 Å². The first-order valence-corrected chi connectivity index (χ1v) is 17.0. The van der Waals surface area contributed by atoms with Gasteiger partial charge in [-0.25, -0.2) is 12.8 Å². The summed E-state index contributed by atoms with van der Waals surface area (Å²) < 4.78 is 44.9. The molecule has 0 aromatic heterocycles. The first kappa shape index (κ1) is 33.9. The van der Waals surface area contributed by atoms with Crippen LogP contribution in [0.2, 0.25) is 0 Å². The molecule has 4 rings (SSSR count). The van der Waals surface area contributed by atoms with Crippen molar-refractivity contribution >= 4 is 43.5 Å². The molecular weight excluding hydrogens is 657 g/mol. The van der Waals surface area contributed by atoms with Crippen molar-refractivity contribution in [2.75, 3.05) is 17.4 Å². The Bertz CT molecular complexity index is 1680. The van der Waals surface area contributed by atoms with Gasteiger partial charge in [0.25, 0.3) is 10.0 Å². The molecule has 0 saturated heterocycles. The summed E-state index contributed by atoms with van der Waals surface area (Å²) >= 11 is 3.38. The van der Waals surface area contributed by atoms with Crippen molar-refractivity contribution in [3.63, 3.8) is 0 Å². The molecule has 0 heterocycles. The fourth-order valence-corrected chi connectivity index (χ4v) is 6.52. The molecule has 1 unspecified atom stereocenters. The normalized spacial score (nSPS) is 11.9. The number of unbranched alkanes of at least 4 members (excludes halogenated alkanes) is 1. The van der Waals surface area contributed by atoms with E-state index in [1.165, 1.54) is 23.1 Å². The SMILES string of the molecule is CCCCNC(=O)C(Cc1ccccc1)N(Cc1ccccc1F)C(=O)CN(c1ccc(Br)cc1)S(=O)(=O)c1ccc(C)cc1. The molecule has 1 N–H and O–H groups in total. The van der Waals surface area contributed by atoms with Gasteiger partial charge in [-0.15, -0.1) is 0 Å². The minimum atomic E-state index is -4.22. The van der Waals surface area contributed by atoms with Crippen LogP contribution >= 0.6 is 15.9 Å². The Morgan fingerprint density at radius 1 is 0.889 bits per heavy atom. The fourth-order valence-electron chi connectivity index (χ4n) is 4.84. The van der Waals surface area contributed by atoms with Gasteiger partial charge in [0.1, 0.15) is 18.4 Å². The average molecular weight is 695 g/mol. The number of hydrogen-bond donors (Lipinski definition) is 1. The molecule has 0 saturated carbocycles. The third kappa shape index (κ3) is 9.02. The number of benzene rings is 4. The standard InChI is InChI=1S/C35H37BrFN3O4S/c1-3-4-22-38-35(42)33(23-27-10-6-5-7-11-27)39(24-28-12-8-9-13-32(28)37)34(41)25-40(30-18-16-29(36)17-19-30)45(43,44)31-20-14-26(2)15-21-31/h5-21,33H,3-4,22-25H2,1-2H3,(H,38,42). The number of anilines is 1. The molecule has 0 radical (unpaired) electrons. The maximum Gasteiger partial charge on any atom is 0.264 e. The van der Waals surface area contributed by atoms with E-state index < -0.39 is 40.2 Å². The van der Waals surface area contributed by atoms with Crippen LogP contribution in [0.3, 0.4) is 0 Å². The number of rotatable bonds is 14. The minimum Gasteiger partial charge on any atom is -0.354 e. The van der Waals surface area contributed by atoms with E-state index in [0.717, 1.165) is 32.7 Å². The second kappa shape index (κ2) is 15.8. The summed E-state index contributed by atoms with van der Waals surface area (Å²) in [7, 11) is -4.22. The molecular formula is C35H37BrFN3O4S. The van der Waals surface area contributed by atoms with Crippen LogP contribution in [0.25, 0.3) is 0 Å². The first-order chi connectivity index (χ1) is 21.6. The van der Waals surface area contributed by atoms with Crippen LogP contribution in [0.5, 0.6) is 0 Å². The molecule has 0 spiro atoms. The molecule has 4 aromatic rings. The van der Waals surface area contributed by atoms with Crippen LogP contribution in [0.15, 0.2) is 112 Å². The smallest absolute Gasteiger partial charge is 0.264 e. The number of amides is 2. The Morgan fingerprint density at radius 2 is 1.53 bits per heavy atom. The van der Waals surface area contributed by atoms with Crippen molar-refractivity contribution in [3.05, 3.63) is 130 Å². The summed E-state index contributed by atoms with van der Waals surface area (Å²) in [4.78, 5) is 29.5. The Hall–Kier alpha value is -4.02. The van der Waals surface area contributed by atoms with Crippen LogP contribution in [0, 0.1) is 12.7 Å². The summed E-state index contributed by atoms with van der Waals surface area (Å²) in [6.07, 6.45) is 1.76. The number of hydrogen-bond acceptors (Lipinski definition) is 4. The van der Waals surface area contributed by atoms with E-state index in [9.17, 15) is 18.0 Å². The van der Waals surface area contributed by atoms with Crippen molar-refractivity contribution in [1.29, 1.82) is 0 Å². The average Bonchev–Trinajstić information content (AvgIpc) is 3.03. The quantitative estimate of drug-likeness (QED) is 0.150. The van der Waals surface area contributed by atoms with Crippen LogP contribution in [0.1, 0.15) is 36.5 Å². The molecule has 45 heavy (non-hydrogen) atoms. The highest BCUT2D eigenvalue weighted by Crippen LogP contribution is 2.27. The van der Waals surface area contributed by atoms with Gasteiger partial charge in [-0.3, -0.25) is 13.9 Å². The molecule has 10 heteroatoms. The lowest BCUT2D eigenvalue weighted by molar-refractivity contribution is -0.140. The number of halogens is 2. The third-order valence-corrected chi connectivity index (χ3v) is 9.72. The molecule has 0 bridgehead atoms. The van der Waals surface area contributed by atoms with E-state index in [-0.39, 0.29) is 29.1 Å². The molecule has 2 amide bonds. The number of carbonyl (C=O) groups excluding carboxylic acids is 2. The fraction of sp³-hybridized carbons (Fsp3) is 0.257.